The molecule has 0 spiro atoms. The van der Waals surface area contributed by atoms with E-state index in [1.165, 1.54) is 0 Å². The molecule has 1 saturated heterocycles. The molecule has 0 aliphatic carbocycles. The summed E-state index contributed by atoms with van der Waals surface area (Å²) < 4.78 is 28.7. The topological polar surface area (TPSA) is 25.4 Å². The Morgan fingerprint density at radius 2 is 2.00 bits per heavy atom. The van der Waals surface area contributed by atoms with Crippen LogP contribution in [-0.2, 0) is 6.54 Å². The first-order chi connectivity index (χ1) is 10.7. The minimum atomic E-state index is -2.78. The molecular formula is C17H18F2N2O. The van der Waals surface area contributed by atoms with Crippen molar-refractivity contribution in [3.63, 3.8) is 0 Å². The highest BCUT2D eigenvalue weighted by atomic mass is 19.3. The van der Waals surface area contributed by atoms with E-state index in [2.05, 4.69) is 20.7 Å². The van der Waals surface area contributed by atoms with Gasteiger partial charge in [0.2, 0.25) is 0 Å². The molecule has 1 aliphatic heterocycles. The van der Waals surface area contributed by atoms with Gasteiger partial charge in [0.1, 0.15) is 5.75 Å². The van der Waals surface area contributed by atoms with E-state index >= 15 is 0 Å². The van der Waals surface area contributed by atoms with Crippen molar-refractivity contribution in [2.24, 2.45) is 0 Å². The summed E-state index contributed by atoms with van der Waals surface area (Å²) in [6.45, 7) is -0.967. The smallest absolute Gasteiger partial charge is 0.387 e. The molecule has 0 saturated carbocycles. The monoisotopic (exact) mass is 304 g/mol. The molecule has 116 valence electrons. The molecule has 3 nitrogen and oxygen atoms in total. The number of rotatable bonds is 5. The second kappa shape index (κ2) is 6.83. The average molecular weight is 304 g/mol. The molecule has 22 heavy (non-hydrogen) atoms. The summed E-state index contributed by atoms with van der Waals surface area (Å²) >= 11 is 0. The Hall–Kier alpha value is -2.01. The summed E-state index contributed by atoms with van der Waals surface area (Å²) in [6.07, 6.45) is 4.07. The van der Waals surface area contributed by atoms with Gasteiger partial charge in [-0.2, -0.15) is 8.78 Å². The summed E-state index contributed by atoms with van der Waals surface area (Å²) in [7, 11) is 0. The maximum Gasteiger partial charge on any atom is 0.387 e. The highest BCUT2D eigenvalue weighted by Crippen LogP contribution is 2.32. The number of hydrogen-bond donors (Lipinski definition) is 0. The lowest BCUT2D eigenvalue weighted by molar-refractivity contribution is -0.0498. The van der Waals surface area contributed by atoms with Crippen LogP contribution in [0.15, 0.2) is 48.7 Å². The van der Waals surface area contributed by atoms with E-state index < -0.39 is 6.61 Å². The van der Waals surface area contributed by atoms with Gasteiger partial charge in [-0.3, -0.25) is 9.88 Å². The van der Waals surface area contributed by atoms with Gasteiger partial charge in [0.15, 0.2) is 0 Å². The van der Waals surface area contributed by atoms with Crippen molar-refractivity contribution in [2.75, 3.05) is 6.54 Å². The van der Waals surface area contributed by atoms with Gasteiger partial charge < -0.3 is 4.74 Å². The zero-order valence-electron chi connectivity index (χ0n) is 12.2. The Morgan fingerprint density at radius 1 is 1.18 bits per heavy atom. The highest BCUT2D eigenvalue weighted by molar-refractivity contribution is 5.27. The second-order valence-electron chi connectivity index (χ2n) is 5.41. The number of pyridine rings is 1. The van der Waals surface area contributed by atoms with E-state index in [1.54, 1.807) is 12.1 Å². The SMILES string of the molecule is FC(F)Oc1ccc(CN2CCCC2c2ccccn2)cc1. The van der Waals surface area contributed by atoms with Crippen LogP contribution < -0.4 is 4.74 Å². The molecule has 1 fully saturated rings. The number of halogens is 2. The summed E-state index contributed by atoms with van der Waals surface area (Å²) in [5.41, 5.74) is 2.18. The fourth-order valence-electron chi connectivity index (χ4n) is 2.93. The van der Waals surface area contributed by atoms with E-state index in [0.717, 1.165) is 37.2 Å². The molecule has 1 atom stereocenters. The van der Waals surface area contributed by atoms with Crippen molar-refractivity contribution in [1.82, 2.24) is 9.88 Å². The third kappa shape index (κ3) is 3.60. The highest BCUT2D eigenvalue weighted by Gasteiger charge is 2.26. The Bertz CT molecular complexity index is 589. The molecule has 0 bridgehead atoms. The largest absolute Gasteiger partial charge is 0.435 e. The van der Waals surface area contributed by atoms with E-state index in [0.29, 0.717) is 6.04 Å². The lowest BCUT2D eigenvalue weighted by Gasteiger charge is -2.24. The van der Waals surface area contributed by atoms with Gasteiger partial charge >= 0.3 is 6.61 Å². The molecule has 5 heteroatoms. The molecule has 2 heterocycles. The normalized spacial score (nSPS) is 18.8. The number of alkyl halides is 2. The lowest BCUT2D eigenvalue weighted by Crippen LogP contribution is -2.23. The Morgan fingerprint density at radius 3 is 2.68 bits per heavy atom. The van der Waals surface area contributed by atoms with Gasteiger partial charge in [-0.05, 0) is 49.2 Å². The quantitative estimate of drug-likeness (QED) is 0.834. The van der Waals surface area contributed by atoms with Crippen LogP contribution in [0.4, 0.5) is 8.78 Å². The fraction of sp³-hybridized carbons (Fsp3) is 0.353. The van der Waals surface area contributed by atoms with Crippen molar-refractivity contribution in [3.8, 4) is 5.75 Å². The summed E-state index contributed by atoms with van der Waals surface area (Å²) in [5, 5.41) is 0. The van der Waals surface area contributed by atoms with Gasteiger partial charge in [0, 0.05) is 12.7 Å². The minimum absolute atomic E-state index is 0.196. The standard InChI is InChI=1S/C17H18F2N2O/c18-17(19)22-14-8-6-13(7-9-14)12-21-11-3-5-16(21)15-4-1-2-10-20-15/h1-2,4,6-10,16-17H,3,5,11-12H2. The third-order valence-corrected chi connectivity index (χ3v) is 3.93. The number of nitrogens with zero attached hydrogens (tertiary/aromatic N) is 2. The fourth-order valence-corrected chi connectivity index (χ4v) is 2.93. The van der Waals surface area contributed by atoms with Crippen molar-refractivity contribution in [3.05, 3.63) is 59.9 Å². The van der Waals surface area contributed by atoms with Gasteiger partial charge in [-0.15, -0.1) is 0 Å². The summed E-state index contributed by atoms with van der Waals surface area (Å²) in [4.78, 5) is 6.83. The number of aromatic nitrogens is 1. The van der Waals surface area contributed by atoms with Crippen molar-refractivity contribution in [1.29, 1.82) is 0 Å². The Kier molecular flexibility index (Phi) is 4.63. The summed E-state index contributed by atoms with van der Waals surface area (Å²) in [5.74, 6) is 0.196. The van der Waals surface area contributed by atoms with Crippen LogP contribution in [0.25, 0.3) is 0 Å². The number of benzene rings is 1. The molecule has 0 radical (unpaired) electrons. The van der Waals surface area contributed by atoms with E-state index in [4.69, 9.17) is 0 Å². The molecule has 0 N–H and O–H groups in total. The second-order valence-corrected chi connectivity index (χ2v) is 5.41. The maximum absolute atomic E-state index is 12.2. The van der Waals surface area contributed by atoms with E-state index in [9.17, 15) is 8.78 Å². The van der Waals surface area contributed by atoms with Crippen LogP contribution in [0.2, 0.25) is 0 Å². The lowest BCUT2D eigenvalue weighted by atomic mass is 10.1. The first-order valence-corrected chi connectivity index (χ1v) is 7.41. The predicted molar refractivity (Wildman–Crippen MR) is 79.7 cm³/mol. The van der Waals surface area contributed by atoms with Crippen LogP contribution in [0, 0.1) is 0 Å². The van der Waals surface area contributed by atoms with Crippen molar-refractivity contribution < 1.29 is 13.5 Å². The molecule has 2 aromatic rings. The molecule has 1 unspecified atom stereocenters. The first-order valence-electron chi connectivity index (χ1n) is 7.41. The molecule has 1 aromatic heterocycles. The number of hydrogen-bond acceptors (Lipinski definition) is 3. The van der Waals surface area contributed by atoms with Crippen LogP contribution in [-0.4, -0.2) is 23.0 Å². The molecule has 0 amide bonds. The minimum Gasteiger partial charge on any atom is -0.435 e. The Balaban J connectivity index is 1.67. The van der Waals surface area contributed by atoms with E-state index in [-0.39, 0.29) is 5.75 Å². The first kappa shape index (κ1) is 14.9. The van der Waals surface area contributed by atoms with Crippen molar-refractivity contribution in [2.45, 2.75) is 32.0 Å². The van der Waals surface area contributed by atoms with Crippen LogP contribution in [0.1, 0.15) is 30.1 Å². The molecule has 3 rings (SSSR count). The van der Waals surface area contributed by atoms with Gasteiger partial charge in [-0.25, -0.2) is 0 Å². The van der Waals surface area contributed by atoms with Gasteiger partial charge in [0.05, 0.1) is 11.7 Å². The van der Waals surface area contributed by atoms with Gasteiger partial charge in [-0.1, -0.05) is 18.2 Å². The van der Waals surface area contributed by atoms with Crippen LogP contribution in [0.5, 0.6) is 5.75 Å². The number of ether oxygens (including phenoxy) is 1. The van der Waals surface area contributed by atoms with E-state index in [1.807, 2.05) is 30.5 Å². The zero-order valence-corrected chi connectivity index (χ0v) is 12.2. The predicted octanol–water partition coefficient (Wildman–Crippen LogP) is 4.02. The number of likely N-dealkylation sites (tertiary alicyclic amines) is 1. The summed E-state index contributed by atoms with van der Waals surface area (Å²) in [6, 6.07) is 13.2. The van der Waals surface area contributed by atoms with Crippen LogP contribution in [0.3, 0.4) is 0 Å². The van der Waals surface area contributed by atoms with Crippen LogP contribution >= 0.6 is 0 Å². The van der Waals surface area contributed by atoms with Gasteiger partial charge in [0.25, 0.3) is 0 Å². The molecule has 1 aromatic carbocycles. The third-order valence-electron chi connectivity index (χ3n) is 3.93. The molecular weight excluding hydrogens is 286 g/mol. The molecule has 1 aliphatic rings. The zero-order chi connectivity index (χ0) is 15.4. The Labute approximate surface area is 128 Å². The van der Waals surface area contributed by atoms with Crippen molar-refractivity contribution >= 4 is 0 Å². The average Bonchev–Trinajstić information content (AvgIpc) is 2.98. The maximum atomic E-state index is 12.2.